The van der Waals surface area contributed by atoms with Gasteiger partial charge < -0.3 is 20.1 Å². The van der Waals surface area contributed by atoms with E-state index in [2.05, 4.69) is 29.9 Å². The molecule has 2 aliphatic rings. The van der Waals surface area contributed by atoms with Gasteiger partial charge in [-0.25, -0.2) is 4.79 Å². The number of hydrogen-bond donors (Lipinski definition) is 3. The highest BCUT2D eigenvalue weighted by Crippen LogP contribution is 2.42. The summed E-state index contributed by atoms with van der Waals surface area (Å²) in [4.78, 5) is 10.7. The Morgan fingerprint density at radius 3 is 2.23 bits per heavy atom. The second-order valence-corrected chi connectivity index (χ2v) is 7.30. The summed E-state index contributed by atoms with van der Waals surface area (Å²) in [6.07, 6.45) is 12.1. The Kier molecular flexibility index (Phi) is 25.1. The third-order valence-corrected chi connectivity index (χ3v) is 5.22. The van der Waals surface area contributed by atoms with Crippen LogP contribution in [0.4, 0.5) is 0 Å². The van der Waals surface area contributed by atoms with Crippen molar-refractivity contribution in [1.82, 2.24) is 0 Å². The Morgan fingerprint density at radius 2 is 1.73 bits per heavy atom. The van der Waals surface area contributed by atoms with Gasteiger partial charge in [0.05, 0.1) is 0 Å². The lowest BCUT2D eigenvalue weighted by atomic mass is 9.67. The number of rotatable bonds is 6. The third-order valence-electron chi connectivity index (χ3n) is 5.22. The van der Waals surface area contributed by atoms with Crippen LogP contribution in [-0.2, 0) is 9.53 Å². The standard InChI is InChI=1S/C18H28O3.C2H6O.2C2H6.CH4O/c1-12(11-17(19)18(20)21)7-10-15-13(2)8-9-14-5-3-4-6-16(14)15;1-3-2;3*1-2/h5,8-9,12-13,15-17,19H,3-4,6-7,10-11H2,1-2H3,(H,20,21);1-2H3;2*1-2H3;2H,1H3. The summed E-state index contributed by atoms with van der Waals surface area (Å²) in [5, 5.41) is 25.2. The van der Waals surface area contributed by atoms with Crippen molar-refractivity contribution in [2.24, 2.45) is 23.7 Å². The number of hydrogen-bond acceptors (Lipinski definition) is 4. The van der Waals surface area contributed by atoms with Crippen molar-refractivity contribution in [2.45, 2.75) is 86.2 Å². The first kappa shape index (κ1) is 33.5. The quantitative estimate of drug-likeness (QED) is 0.502. The number of aliphatic hydroxyl groups is 2. The minimum atomic E-state index is -1.21. The van der Waals surface area contributed by atoms with E-state index in [9.17, 15) is 9.90 Å². The Morgan fingerprint density at radius 1 is 1.20 bits per heavy atom. The number of allylic oxidation sites excluding steroid dienone is 4. The zero-order valence-corrected chi connectivity index (χ0v) is 21.0. The summed E-state index contributed by atoms with van der Waals surface area (Å²) in [5.41, 5.74) is 1.52. The number of carboxylic acid groups (broad SMARTS) is 1. The van der Waals surface area contributed by atoms with Gasteiger partial charge in [-0.3, -0.25) is 0 Å². The highest BCUT2D eigenvalue weighted by atomic mass is 16.4. The van der Waals surface area contributed by atoms with E-state index in [1.807, 2.05) is 34.6 Å². The Labute approximate surface area is 186 Å². The van der Waals surface area contributed by atoms with Crippen LogP contribution in [0.2, 0.25) is 0 Å². The van der Waals surface area contributed by atoms with Crippen molar-refractivity contribution in [2.75, 3.05) is 21.3 Å². The van der Waals surface area contributed by atoms with Gasteiger partial charge in [-0.05, 0) is 61.3 Å². The molecule has 0 aromatic rings. The Balaban J connectivity index is -0.000000709. The van der Waals surface area contributed by atoms with Gasteiger partial charge in [-0.2, -0.15) is 0 Å². The van der Waals surface area contributed by atoms with Gasteiger partial charge in [0.1, 0.15) is 0 Å². The van der Waals surface area contributed by atoms with Gasteiger partial charge in [0.2, 0.25) is 0 Å². The molecule has 5 unspecified atom stereocenters. The molecule has 180 valence electrons. The normalized spacial score (nSPS) is 23.0. The van der Waals surface area contributed by atoms with Crippen LogP contribution in [0.5, 0.6) is 0 Å². The molecule has 5 nitrogen and oxygen atoms in total. The van der Waals surface area contributed by atoms with E-state index in [1.54, 1.807) is 14.2 Å². The topological polar surface area (TPSA) is 87.0 Å². The van der Waals surface area contributed by atoms with Gasteiger partial charge in [-0.1, -0.05) is 66.2 Å². The van der Waals surface area contributed by atoms with Gasteiger partial charge in [-0.15, -0.1) is 0 Å². The van der Waals surface area contributed by atoms with E-state index in [0.29, 0.717) is 24.2 Å². The van der Waals surface area contributed by atoms with Crippen LogP contribution in [0.3, 0.4) is 0 Å². The zero-order chi connectivity index (χ0) is 24.1. The second-order valence-electron chi connectivity index (χ2n) is 7.30. The fourth-order valence-electron chi connectivity index (χ4n) is 3.89. The Hall–Kier alpha value is -1.17. The minimum Gasteiger partial charge on any atom is -0.479 e. The summed E-state index contributed by atoms with van der Waals surface area (Å²) >= 11 is 0. The maximum absolute atomic E-state index is 10.7. The van der Waals surface area contributed by atoms with Crippen LogP contribution in [0.1, 0.15) is 80.1 Å². The molecule has 0 spiro atoms. The molecule has 5 heteroatoms. The van der Waals surface area contributed by atoms with E-state index in [0.717, 1.165) is 20.0 Å². The molecule has 0 amide bonds. The molecule has 0 radical (unpaired) electrons. The average molecular weight is 431 g/mol. The van der Waals surface area contributed by atoms with Gasteiger partial charge in [0.25, 0.3) is 0 Å². The van der Waals surface area contributed by atoms with Crippen LogP contribution in [0, 0.1) is 23.7 Å². The number of carbonyl (C=O) groups is 1. The predicted molar refractivity (Wildman–Crippen MR) is 128 cm³/mol. The van der Waals surface area contributed by atoms with Crippen molar-refractivity contribution in [1.29, 1.82) is 0 Å². The number of ether oxygens (including phenoxy) is 1. The highest BCUT2D eigenvalue weighted by molar-refractivity contribution is 5.71. The molecular formula is C25H50O5. The summed E-state index contributed by atoms with van der Waals surface area (Å²) in [6.45, 7) is 12.3. The summed E-state index contributed by atoms with van der Waals surface area (Å²) in [7, 11) is 4.25. The predicted octanol–water partition coefficient (Wildman–Crippen LogP) is 5.71. The van der Waals surface area contributed by atoms with Crippen LogP contribution in [0.15, 0.2) is 23.8 Å². The number of carboxylic acids is 1. The van der Waals surface area contributed by atoms with E-state index < -0.39 is 12.1 Å². The highest BCUT2D eigenvalue weighted by Gasteiger charge is 2.32. The molecule has 0 bridgehead atoms. The van der Waals surface area contributed by atoms with Crippen molar-refractivity contribution < 1.29 is 24.9 Å². The van der Waals surface area contributed by atoms with Crippen molar-refractivity contribution in [3.63, 3.8) is 0 Å². The molecule has 2 rings (SSSR count). The van der Waals surface area contributed by atoms with Crippen LogP contribution in [0.25, 0.3) is 0 Å². The summed E-state index contributed by atoms with van der Waals surface area (Å²) in [6, 6.07) is 0. The van der Waals surface area contributed by atoms with Crippen molar-refractivity contribution >= 4 is 5.97 Å². The first-order valence-corrected chi connectivity index (χ1v) is 11.5. The zero-order valence-electron chi connectivity index (χ0n) is 21.0. The molecule has 5 atom stereocenters. The average Bonchev–Trinajstić information content (AvgIpc) is 2.77. The molecule has 2 aliphatic carbocycles. The molecule has 30 heavy (non-hydrogen) atoms. The molecule has 0 saturated carbocycles. The van der Waals surface area contributed by atoms with E-state index in [1.165, 1.54) is 24.8 Å². The van der Waals surface area contributed by atoms with E-state index in [4.69, 9.17) is 10.2 Å². The van der Waals surface area contributed by atoms with E-state index in [-0.39, 0.29) is 5.92 Å². The maximum atomic E-state index is 10.7. The van der Waals surface area contributed by atoms with Crippen molar-refractivity contribution in [3.05, 3.63) is 23.8 Å². The van der Waals surface area contributed by atoms with Crippen LogP contribution < -0.4 is 0 Å². The molecule has 0 aromatic carbocycles. The number of aliphatic hydroxyl groups excluding tert-OH is 2. The molecule has 0 fully saturated rings. The van der Waals surface area contributed by atoms with Crippen LogP contribution in [-0.4, -0.2) is 48.7 Å². The smallest absolute Gasteiger partial charge is 0.332 e. The van der Waals surface area contributed by atoms with Crippen molar-refractivity contribution in [3.8, 4) is 0 Å². The summed E-state index contributed by atoms with van der Waals surface area (Å²) < 4.78 is 4.25. The number of methoxy groups -OCH3 is 1. The first-order chi connectivity index (χ1) is 14.4. The molecule has 0 aliphatic heterocycles. The largest absolute Gasteiger partial charge is 0.479 e. The second kappa shape index (κ2) is 22.5. The molecule has 0 heterocycles. The lowest BCUT2D eigenvalue weighted by molar-refractivity contribution is -0.147. The fraction of sp³-hybridized carbons (Fsp3) is 0.800. The van der Waals surface area contributed by atoms with Gasteiger partial charge in [0.15, 0.2) is 6.10 Å². The fourth-order valence-corrected chi connectivity index (χ4v) is 3.89. The minimum absolute atomic E-state index is 0.255. The monoisotopic (exact) mass is 430 g/mol. The lowest BCUT2D eigenvalue weighted by Crippen LogP contribution is -2.28. The molecule has 3 N–H and O–H groups in total. The Bertz CT molecular complexity index is 445. The maximum Gasteiger partial charge on any atom is 0.332 e. The third kappa shape index (κ3) is 13.9. The van der Waals surface area contributed by atoms with E-state index >= 15 is 0 Å². The molecule has 0 saturated heterocycles. The molecular weight excluding hydrogens is 380 g/mol. The first-order valence-electron chi connectivity index (χ1n) is 11.5. The molecule has 0 aromatic heterocycles. The SMILES string of the molecule is CC.CC.CC(CCC1C(C)C=CC2=CCCCC21)CC(O)C(=O)O.CO.COC. The van der Waals surface area contributed by atoms with Gasteiger partial charge >= 0.3 is 5.97 Å². The van der Waals surface area contributed by atoms with Gasteiger partial charge in [0, 0.05) is 21.3 Å². The summed E-state index contributed by atoms with van der Waals surface area (Å²) in [5.74, 6) is 1.11. The number of aliphatic carboxylic acids is 1. The lowest BCUT2D eigenvalue weighted by Gasteiger charge is -2.37. The number of fused-ring (bicyclic) bond motifs is 1. The van der Waals surface area contributed by atoms with Crippen LogP contribution >= 0.6 is 0 Å².